The molecule has 0 radical (unpaired) electrons. The lowest BCUT2D eigenvalue weighted by molar-refractivity contribution is 1.27. The van der Waals surface area contributed by atoms with Crippen LogP contribution >= 0.6 is 11.6 Å². The van der Waals surface area contributed by atoms with Crippen LogP contribution in [-0.2, 0) is 0 Å². The Hall–Kier alpha value is -1.61. The van der Waals surface area contributed by atoms with Crippen LogP contribution in [0.25, 0.3) is 11.3 Å². The molecular weight excluding hydrogens is 210 g/mol. The molecule has 0 aliphatic rings. The molecule has 2 rings (SSSR count). The first-order valence-corrected chi connectivity index (χ1v) is 4.94. The first-order chi connectivity index (χ1) is 7.31. The number of halogens is 1. The van der Waals surface area contributed by atoms with Crippen LogP contribution in [0.3, 0.4) is 0 Å². The highest BCUT2D eigenvalue weighted by molar-refractivity contribution is 6.29. The first kappa shape index (κ1) is 9.93. The fourth-order valence-electron chi connectivity index (χ4n) is 1.35. The molecule has 0 unspecified atom stereocenters. The topological polar surface area (TPSA) is 37.8 Å². The summed E-state index contributed by atoms with van der Waals surface area (Å²) < 4.78 is 0. The van der Waals surface area contributed by atoms with Crippen molar-refractivity contribution in [3.8, 4) is 11.3 Å². The van der Waals surface area contributed by atoms with E-state index >= 15 is 0 Å². The summed E-state index contributed by atoms with van der Waals surface area (Å²) in [6.07, 6.45) is 3.47. The number of hydrogen-bond acceptors (Lipinski definition) is 3. The summed E-state index contributed by atoms with van der Waals surface area (Å²) in [6, 6.07) is 7.51. The Labute approximate surface area is 93.1 Å². The van der Waals surface area contributed by atoms with Gasteiger partial charge in [0.05, 0.1) is 11.4 Å². The van der Waals surface area contributed by atoms with Gasteiger partial charge >= 0.3 is 0 Å². The normalized spacial score (nSPS) is 10.0. The summed E-state index contributed by atoms with van der Waals surface area (Å²) in [5.74, 6) is 0. The van der Waals surface area contributed by atoms with E-state index in [9.17, 15) is 0 Å². The molecule has 15 heavy (non-hydrogen) atoms. The minimum atomic E-state index is 0.487. The summed E-state index contributed by atoms with van der Waals surface area (Å²) in [6.45, 7) is 0. The van der Waals surface area contributed by atoms with E-state index in [1.54, 1.807) is 18.5 Å². The molecule has 0 aromatic carbocycles. The van der Waals surface area contributed by atoms with E-state index in [2.05, 4.69) is 15.3 Å². The minimum Gasteiger partial charge on any atom is -0.386 e. The molecule has 0 saturated carbocycles. The molecule has 3 nitrogen and oxygen atoms in total. The van der Waals surface area contributed by atoms with E-state index in [0.717, 1.165) is 16.9 Å². The van der Waals surface area contributed by atoms with Crippen LogP contribution in [0.5, 0.6) is 0 Å². The van der Waals surface area contributed by atoms with Crippen molar-refractivity contribution in [2.45, 2.75) is 0 Å². The monoisotopic (exact) mass is 219 g/mol. The van der Waals surface area contributed by atoms with Crippen molar-refractivity contribution in [3.63, 3.8) is 0 Å². The zero-order valence-electron chi connectivity index (χ0n) is 8.24. The van der Waals surface area contributed by atoms with Crippen LogP contribution in [0.2, 0.25) is 5.15 Å². The number of hydrogen-bond donors (Lipinski definition) is 1. The molecule has 0 atom stereocenters. The third-order valence-electron chi connectivity index (χ3n) is 2.08. The largest absolute Gasteiger partial charge is 0.386 e. The second-order valence-corrected chi connectivity index (χ2v) is 3.41. The Bertz CT molecular complexity index is 454. The minimum absolute atomic E-state index is 0.487. The molecule has 76 valence electrons. The second kappa shape index (κ2) is 4.28. The van der Waals surface area contributed by atoms with Gasteiger partial charge in [-0.1, -0.05) is 11.6 Å². The number of rotatable bonds is 2. The SMILES string of the molecule is CNc1cccnc1-c1ccc(Cl)nc1. The lowest BCUT2D eigenvalue weighted by atomic mass is 10.1. The van der Waals surface area contributed by atoms with E-state index in [0.29, 0.717) is 5.15 Å². The zero-order valence-corrected chi connectivity index (χ0v) is 8.99. The molecular formula is C11H10ClN3. The smallest absolute Gasteiger partial charge is 0.129 e. The first-order valence-electron chi connectivity index (χ1n) is 4.56. The number of pyridine rings is 2. The molecule has 4 heteroatoms. The van der Waals surface area contributed by atoms with Gasteiger partial charge in [0.1, 0.15) is 5.15 Å². The van der Waals surface area contributed by atoms with Gasteiger partial charge in [0.15, 0.2) is 0 Å². The van der Waals surface area contributed by atoms with Gasteiger partial charge in [-0.05, 0) is 24.3 Å². The van der Waals surface area contributed by atoms with Crippen molar-refractivity contribution in [3.05, 3.63) is 41.8 Å². The molecule has 0 bridgehead atoms. The van der Waals surface area contributed by atoms with E-state index in [1.165, 1.54) is 0 Å². The number of nitrogens with zero attached hydrogens (tertiary/aromatic N) is 2. The predicted octanol–water partition coefficient (Wildman–Crippen LogP) is 2.84. The van der Waals surface area contributed by atoms with Crippen molar-refractivity contribution >= 4 is 17.3 Å². The summed E-state index contributed by atoms with van der Waals surface area (Å²) in [5, 5.41) is 3.57. The van der Waals surface area contributed by atoms with Crippen molar-refractivity contribution in [2.75, 3.05) is 12.4 Å². The molecule has 0 spiro atoms. The highest BCUT2D eigenvalue weighted by Crippen LogP contribution is 2.24. The van der Waals surface area contributed by atoms with Crippen LogP contribution in [0.15, 0.2) is 36.7 Å². The van der Waals surface area contributed by atoms with Crippen molar-refractivity contribution in [1.29, 1.82) is 0 Å². The third-order valence-corrected chi connectivity index (χ3v) is 2.30. The molecule has 1 N–H and O–H groups in total. The van der Waals surface area contributed by atoms with Gasteiger partial charge in [-0.2, -0.15) is 0 Å². The highest BCUT2D eigenvalue weighted by atomic mass is 35.5. The summed E-state index contributed by atoms with van der Waals surface area (Å²) in [7, 11) is 1.86. The molecule has 2 aromatic heterocycles. The van der Waals surface area contributed by atoms with Gasteiger partial charge < -0.3 is 5.32 Å². The maximum atomic E-state index is 5.73. The maximum Gasteiger partial charge on any atom is 0.129 e. The lowest BCUT2D eigenvalue weighted by Crippen LogP contribution is -1.94. The third kappa shape index (κ3) is 2.07. The lowest BCUT2D eigenvalue weighted by Gasteiger charge is -2.06. The predicted molar refractivity (Wildman–Crippen MR) is 62.0 cm³/mol. The van der Waals surface area contributed by atoms with Gasteiger partial charge in [-0.15, -0.1) is 0 Å². The standard InChI is InChI=1S/C11H10ClN3/c1-13-9-3-2-6-14-11(9)8-4-5-10(12)15-7-8/h2-7,13H,1H3. The fraction of sp³-hybridized carbons (Fsp3) is 0.0909. The Morgan fingerprint density at radius 3 is 2.73 bits per heavy atom. The summed E-state index contributed by atoms with van der Waals surface area (Å²) in [5.41, 5.74) is 2.80. The molecule has 0 saturated heterocycles. The Kier molecular flexibility index (Phi) is 2.83. The average molecular weight is 220 g/mol. The Balaban J connectivity index is 2.49. The van der Waals surface area contributed by atoms with Crippen LogP contribution in [-0.4, -0.2) is 17.0 Å². The Morgan fingerprint density at radius 2 is 2.07 bits per heavy atom. The molecule has 0 aliphatic carbocycles. The summed E-state index contributed by atoms with van der Waals surface area (Å²) in [4.78, 5) is 8.33. The van der Waals surface area contributed by atoms with Crippen LogP contribution in [0.4, 0.5) is 5.69 Å². The quantitative estimate of drug-likeness (QED) is 0.790. The Morgan fingerprint density at radius 1 is 1.20 bits per heavy atom. The number of nitrogens with one attached hydrogen (secondary N) is 1. The summed E-state index contributed by atoms with van der Waals surface area (Å²) >= 11 is 5.73. The zero-order chi connectivity index (χ0) is 10.7. The van der Waals surface area contributed by atoms with Crippen LogP contribution < -0.4 is 5.32 Å². The van der Waals surface area contributed by atoms with Gasteiger partial charge in [0.2, 0.25) is 0 Å². The van der Waals surface area contributed by atoms with E-state index in [4.69, 9.17) is 11.6 Å². The van der Waals surface area contributed by atoms with Crippen molar-refractivity contribution < 1.29 is 0 Å². The van der Waals surface area contributed by atoms with E-state index < -0.39 is 0 Å². The molecule has 0 aliphatic heterocycles. The highest BCUT2D eigenvalue weighted by Gasteiger charge is 2.04. The van der Waals surface area contributed by atoms with Crippen LogP contribution in [0.1, 0.15) is 0 Å². The molecule has 0 amide bonds. The number of aromatic nitrogens is 2. The second-order valence-electron chi connectivity index (χ2n) is 3.02. The maximum absolute atomic E-state index is 5.73. The van der Waals surface area contributed by atoms with Gasteiger partial charge in [0.25, 0.3) is 0 Å². The van der Waals surface area contributed by atoms with E-state index in [-0.39, 0.29) is 0 Å². The van der Waals surface area contributed by atoms with Gasteiger partial charge in [0, 0.05) is 25.0 Å². The average Bonchev–Trinajstić information content (AvgIpc) is 2.30. The van der Waals surface area contributed by atoms with Crippen LogP contribution in [0, 0.1) is 0 Å². The molecule has 2 aromatic rings. The van der Waals surface area contributed by atoms with Gasteiger partial charge in [-0.25, -0.2) is 4.98 Å². The van der Waals surface area contributed by atoms with E-state index in [1.807, 2.05) is 25.2 Å². The molecule has 2 heterocycles. The van der Waals surface area contributed by atoms with Crippen molar-refractivity contribution in [1.82, 2.24) is 9.97 Å². The fourth-order valence-corrected chi connectivity index (χ4v) is 1.46. The van der Waals surface area contributed by atoms with Crippen molar-refractivity contribution in [2.24, 2.45) is 0 Å². The van der Waals surface area contributed by atoms with Gasteiger partial charge in [-0.3, -0.25) is 4.98 Å². The number of anilines is 1. The molecule has 0 fully saturated rings.